The Morgan fingerprint density at radius 2 is 1.94 bits per heavy atom. The molecule has 17 heavy (non-hydrogen) atoms. The van der Waals surface area contributed by atoms with Crippen molar-refractivity contribution in [2.75, 3.05) is 7.05 Å². The van der Waals surface area contributed by atoms with Gasteiger partial charge >= 0.3 is 0 Å². The highest BCUT2D eigenvalue weighted by molar-refractivity contribution is 6.42. The number of pyridine rings is 1. The van der Waals surface area contributed by atoms with E-state index in [0.717, 1.165) is 6.07 Å². The number of carbonyl (C=O) groups is 2. The third kappa shape index (κ3) is 3.60. The van der Waals surface area contributed by atoms with Gasteiger partial charge in [0.25, 0.3) is 11.7 Å². The first kappa shape index (κ1) is 15.2. The number of rotatable bonds is 2. The zero-order valence-corrected chi connectivity index (χ0v) is 10.4. The minimum absolute atomic E-state index is 0.276. The number of aromatic amines is 1. The molecule has 0 radical (unpaired) electrons. The van der Waals surface area contributed by atoms with Gasteiger partial charge in [0.05, 0.1) is 5.69 Å². The normalized spacial score (nSPS) is 8.94. The van der Waals surface area contributed by atoms with Crippen molar-refractivity contribution in [2.45, 2.75) is 13.8 Å². The topological polar surface area (TPSA) is 99.3 Å². The van der Waals surface area contributed by atoms with Gasteiger partial charge in [-0.2, -0.15) is 0 Å². The fourth-order valence-corrected chi connectivity index (χ4v) is 1.07. The molecule has 1 rings (SSSR count). The predicted octanol–water partition coefficient (Wildman–Crippen LogP) is 0.689. The number of halogens is 1. The molecule has 94 valence electrons. The van der Waals surface area contributed by atoms with Crippen molar-refractivity contribution in [2.24, 2.45) is 0 Å². The second-order valence-corrected chi connectivity index (χ2v) is 3.00. The Morgan fingerprint density at radius 3 is 2.35 bits per heavy atom. The second kappa shape index (κ2) is 6.70. The van der Waals surface area contributed by atoms with Crippen LogP contribution in [0.4, 0.5) is 0 Å². The molecule has 0 bridgehead atoms. The van der Waals surface area contributed by atoms with Crippen molar-refractivity contribution < 1.29 is 14.7 Å². The van der Waals surface area contributed by atoms with Gasteiger partial charge in [0, 0.05) is 13.1 Å². The van der Waals surface area contributed by atoms with Gasteiger partial charge in [0.15, 0.2) is 10.9 Å². The molecular weight excluding hydrogens is 248 g/mol. The van der Waals surface area contributed by atoms with Crippen LogP contribution in [-0.4, -0.2) is 28.8 Å². The van der Waals surface area contributed by atoms with Crippen LogP contribution in [0, 0.1) is 0 Å². The van der Waals surface area contributed by atoms with Crippen molar-refractivity contribution in [3.05, 3.63) is 27.1 Å². The third-order valence-electron chi connectivity index (χ3n) is 1.64. The molecule has 1 amide bonds. The second-order valence-electron chi connectivity index (χ2n) is 2.62. The Kier molecular flexibility index (Phi) is 5.98. The molecule has 0 saturated heterocycles. The molecule has 0 unspecified atom stereocenters. The van der Waals surface area contributed by atoms with E-state index in [-0.39, 0.29) is 10.8 Å². The summed E-state index contributed by atoms with van der Waals surface area (Å²) in [5, 5.41) is 10.7. The van der Waals surface area contributed by atoms with E-state index in [1.165, 1.54) is 7.05 Å². The van der Waals surface area contributed by atoms with E-state index >= 15 is 0 Å². The lowest BCUT2D eigenvalue weighted by Crippen LogP contribution is -2.29. The third-order valence-corrected chi connectivity index (χ3v) is 1.91. The molecule has 0 aliphatic carbocycles. The number of hydrogen-bond donors (Lipinski definition) is 3. The van der Waals surface area contributed by atoms with E-state index in [9.17, 15) is 14.4 Å². The number of Topliss-reactive ketones (excluding diaryl/α,β-unsaturated/α-hetero) is 1. The Bertz CT molecular complexity index is 482. The minimum atomic E-state index is -0.934. The molecule has 0 spiro atoms. The highest BCUT2D eigenvalue weighted by Gasteiger charge is 2.17. The minimum Gasteiger partial charge on any atom is -0.502 e. The standard InChI is InChI=1S/C8H7ClN2O4.C2H6/c1-10-8(15)5(13)3-2-4(12)6(14)7(9)11-3;1-2/h2,14H,1H3,(H,10,15)(H,11,12);1-2H3. The van der Waals surface area contributed by atoms with E-state index in [1.54, 1.807) is 0 Å². The maximum atomic E-state index is 11.3. The Morgan fingerprint density at radius 1 is 1.41 bits per heavy atom. The van der Waals surface area contributed by atoms with Gasteiger partial charge in [0.1, 0.15) is 0 Å². The number of H-pyrrole nitrogens is 1. The molecule has 1 aromatic heterocycles. The molecular formula is C10H13ClN2O4. The Hall–Kier alpha value is -1.82. The van der Waals surface area contributed by atoms with Crippen LogP contribution in [0.2, 0.25) is 5.15 Å². The molecule has 6 nitrogen and oxygen atoms in total. The quantitative estimate of drug-likeness (QED) is 0.414. The number of likely N-dealkylation sites (N-methyl/N-ethyl adjacent to an activating group) is 1. The van der Waals surface area contributed by atoms with E-state index < -0.39 is 22.9 Å². The largest absolute Gasteiger partial charge is 0.502 e. The number of ketones is 1. The fourth-order valence-electron chi connectivity index (χ4n) is 0.879. The Labute approximate surface area is 103 Å². The van der Waals surface area contributed by atoms with Gasteiger partial charge < -0.3 is 15.4 Å². The van der Waals surface area contributed by atoms with Crippen LogP contribution in [0.5, 0.6) is 5.75 Å². The van der Waals surface area contributed by atoms with Crippen LogP contribution in [0.25, 0.3) is 0 Å². The summed E-state index contributed by atoms with van der Waals surface area (Å²) in [6.07, 6.45) is 0. The average molecular weight is 261 g/mol. The lowest BCUT2D eigenvalue weighted by atomic mass is 10.2. The van der Waals surface area contributed by atoms with Crippen molar-refractivity contribution in [1.29, 1.82) is 0 Å². The van der Waals surface area contributed by atoms with Crippen LogP contribution >= 0.6 is 11.6 Å². The number of carbonyl (C=O) groups excluding carboxylic acids is 2. The first-order valence-corrected chi connectivity index (χ1v) is 5.23. The zero-order valence-electron chi connectivity index (χ0n) is 9.63. The zero-order chi connectivity index (χ0) is 13.6. The summed E-state index contributed by atoms with van der Waals surface area (Å²) in [4.78, 5) is 35.5. The molecule has 0 fully saturated rings. The first-order chi connectivity index (χ1) is 7.97. The van der Waals surface area contributed by atoms with Crippen molar-refractivity contribution in [3.63, 3.8) is 0 Å². The molecule has 0 aliphatic heterocycles. The lowest BCUT2D eigenvalue weighted by molar-refractivity contribution is -0.116. The van der Waals surface area contributed by atoms with Gasteiger partial charge in [-0.1, -0.05) is 25.4 Å². The average Bonchev–Trinajstić information content (AvgIpc) is 2.35. The summed E-state index contributed by atoms with van der Waals surface area (Å²) in [6, 6.07) is 0.804. The highest BCUT2D eigenvalue weighted by atomic mass is 35.5. The smallest absolute Gasteiger partial charge is 0.293 e. The van der Waals surface area contributed by atoms with E-state index in [2.05, 4.69) is 10.3 Å². The molecule has 3 N–H and O–H groups in total. The van der Waals surface area contributed by atoms with E-state index in [0.29, 0.717) is 0 Å². The summed E-state index contributed by atoms with van der Waals surface area (Å²) < 4.78 is 0. The monoisotopic (exact) mass is 260 g/mol. The van der Waals surface area contributed by atoms with E-state index in [1.807, 2.05) is 13.8 Å². The summed E-state index contributed by atoms with van der Waals surface area (Å²) in [7, 11) is 1.28. The maximum Gasteiger partial charge on any atom is 0.293 e. The SMILES string of the molecule is CC.CNC(=O)C(=O)c1cc(=O)c(O)c(Cl)[nH]1. The van der Waals surface area contributed by atoms with Crippen molar-refractivity contribution in [1.82, 2.24) is 10.3 Å². The number of nitrogens with one attached hydrogen (secondary N) is 2. The first-order valence-electron chi connectivity index (χ1n) is 4.85. The van der Waals surface area contributed by atoms with Gasteiger partial charge in [-0.25, -0.2) is 0 Å². The van der Waals surface area contributed by atoms with Crippen LogP contribution < -0.4 is 10.7 Å². The predicted molar refractivity (Wildman–Crippen MR) is 63.5 cm³/mol. The van der Waals surface area contributed by atoms with Gasteiger partial charge in [-0.05, 0) is 0 Å². The molecule has 0 atom stereocenters. The van der Waals surface area contributed by atoms with Crippen LogP contribution in [0.1, 0.15) is 24.3 Å². The lowest BCUT2D eigenvalue weighted by Gasteiger charge is -2.01. The molecule has 0 aliphatic rings. The van der Waals surface area contributed by atoms with Gasteiger partial charge in [0.2, 0.25) is 5.43 Å². The van der Waals surface area contributed by atoms with Crippen molar-refractivity contribution >= 4 is 23.3 Å². The highest BCUT2D eigenvalue weighted by Crippen LogP contribution is 2.15. The van der Waals surface area contributed by atoms with Gasteiger partial charge in [-0.3, -0.25) is 14.4 Å². The van der Waals surface area contributed by atoms with Crippen LogP contribution in [0.3, 0.4) is 0 Å². The summed E-state index contributed by atoms with van der Waals surface area (Å²) >= 11 is 5.42. The van der Waals surface area contributed by atoms with Crippen molar-refractivity contribution in [3.8, 4) is 5.75 Å². The molecule has 1 aromatic rings. The fraction of sp³-hybridized carbons (Fsp3) is 0.300. The number of aromatic nitrogens is 1. The summed E-state index contributed by atoms with van der Waals surface area (Å²) in [5.41, 5.74) is -1.10. The van der Waals surface area contributed by atoms with Gasteiger partial charge in [-0.15, -0.1) is 0 Å². The number of amides is 1. The van der Waals surface area contributed by atoms with E-state index in [4.69, 9.17) is 16.7 Å². The maximum absolute atomic E-state index is 11.3. The number of hydrogen-bond acceptors (Lipinski definition) is 4. The molecule has 1 heterocycles. The van der Waals surface area contributed by atoms with Crippen LogP contribution in [0.15, 0.2) is 10.9 Å². The summed E-state index contributed by atoms with van der Waals surface area (Å²) in [6.45, 7) is 4.00. The number of aromatic hydroxyl groups is 1. The molecule has 0 aromatic carbocycles. The molecule has 7 heteroatoms. The Balaban J connectivity index is 0.00000121. The van der Waals surface area contributed by atoms with Crippen LogP contribution in [-0.2, 0) is 4.79 Å². The summed E-state index contributed by atoms with van der Waals surface area (Å²) in [5.74, 6) is -2.51. The molecule has 0 saturated carbocycles.